The molecule has 0 amide bonds. The molecule has 15 heavy (non-hydrogen) atoms. The summed E-state index contributed by atoms with van der Waals surface area (Å²) in [5.41, 5.74) is -1.00. The van der Waals surface area contributed by atoms with Crippen molar-refractivity contribution in [3.63, 3.8) is 0 Å². The fourth-order valence-electron chi connectivity index (χ4n) is 0.733. The Labute approximate surface area is 83.3 Å². The van der Waals surface area contributed by atoms with Crippen LogP contribution in [0.2, 0.25) is 0 Å². The van der Waals surface area contributed by atoms with Crippen molar-refractivity contribution in [2.75, 3.05) is 6.61 Å². The first kappa shape index (κ1) is 13.9. The zero-order chi connectivity index (χ0) is 12.3. The van der Waals surface area contributed by atoms with E-state index in [4.69, 9.17) is 5.11 Å². The van der Waals surface area contributed by atoms with Crippen molar-refractivity contribution in [2.24, 2.45) is 0 Å². The number of alkyl halides is 4. The topological polar surface area (TPSA) is 46.5 Å². The largest absolute Gasteiger partial charge is 0.478 e. The Kier molecular flexibility index (Phi) is 4.27. The van der Waals surface area contributed by atoms with Crippen LogP contribution in [-0.2, 0) is 9.53 Å². The van der Waals surface area contributed by atoms with Crippen LogP contribution in [0.5, 0.6) is 0 Å². The van der Waals surface area contributed by atoms with Gasteiger partial charge in [-0.3, -0.25) is 0 Å². The molecule has 0 atom stereocenters. The third-order valence-electron chi connectivity index (χ3n) is 1.49. The van der Waals surface area contributed by atoms with Gasteiger partial charge in [-0.15, -0.1) is 0 Å². The normalized spacial score (nSPS) is 12.6. The number of carbonyl (C=O) groups is 1. The summed E-state index contributed by atoms with van der Waals surface area (Å²) in [6.07, 6.45) is -6.35. The third-order valence-corrected chi connectivity index (χ3v) is 1.49. The first-order valence-electron chi connectivity index (χ1n) is 3.94. The molecule has 0 aliphatic heterocycles. The molecule has 0 radical (unpaired) electrons. The van der Waals surface area contributed by atoms with E-state index in [1.165, 1.54) is 0 Å². The minimum Gasteiger partial charge on any atom is -0.478 e. The highest BCUT2D eigenvalue weighted by atomic mass is 19.3. The zero-order valence-corrected chi connectivity index (χ0v) is 7.90. The van der Waals surface area contributed by atoms with E-state index in [2.05, 4.69) is 11.3 Å². The van der Waals surface area contributed by atoms with Crippen LogP contribution < -0.4 is 0 Å². The standard InChI is InChI=1S/C8H10F4O3/c1-3-15-8(11,12)7(9,10)4-5(2)6(13)14/h2-4H2,1H3,(H,13,14). The lowest BCUT2D eigenvalue weighted by Crippen LogP contribution is -2.43. The van der Waals surface area contributed by atoms with Gasteiger partial charge in [0.25, 0.3) is 0 Å². The van der Waals surface area contributed by atoms with Crippen LogP contribution in [-0.4, -0.2) is 29.7 Å². The highest BCUT2D eigenvalue weighted by molar-refractivity contribution is 5.85. The van der Waals surface area contributed by atoms with Crippen molar-refractivity contribution in [3.8, 4) is 0 Å². The van der Waals surface area contributed by atoms with Crippen molar-refractivity contribution >= 4 is 5.97 Å². The van der Waals surface area contributed by atoms with E-state index in [1.54, 1.807) is 0 Å². The molecule has 0 heterocycles. The molecule has 0 saturated carbocycles. The second-order valence-corrected chi connectivity index (χ2v) is 2.74. The molecule has 3 nitrogen and oxygen atoms in total. The van der Waals surface area contributed by atoms with Crippen LogP contribution in [0.25, 0.3) is 0 Å². The first-order valence-corrected chi connectivity index (χ1v) is 3.94. The van der Waals surface area contributed by atoms with Crippen LogP contribution in [0.4, 0.5) is 17.6 Å². The molecule has 0 aromatic rings. The maximum absolute atomic E-state index is 12.8. The smallest absolute Gasteiger partial charge is 0.419 e. The van der Waals surface area contributed by atoms with E-state index in [0.29, 0.717) is 0 Å². The second-order valence-electron chi connectivity index (χ2n) is 2.74. The van der Waals surface area contributed by atoms with Gasteiger partial charge in [0.05, 0.1) is 13.0 Å². The molecule has 0 rings (SSSR count). The van der Waals surface area contributed by atoms with Gasteiger partial charge in [0.15, 0.2) is 0 Å². The lowest BCUT2D eigenvalue weighted by molar-refractivity contribution is -0.345. The summed E-state index contributed by atoms with van der Waals surface area (Å²) in [5, 5.41) is 8.22. The summed E-state index contributed by atoms with van der Waals surface area (Å²) in [4.78, 5) is 10.1. The van der Waals surface area contributed by atoms with E-state index in [9.17, 15) is 22.4 Å². The van der Waals surface area contributed by atoms with Gasteiger partial charge < -0.3 is 9.84 Å². The summed E-state index contributed by atoms with van der Waals surface area (Å²) >= 11 is 0. The minimum atomic E-state index is -4.69. The number of rotatable bonds is 6. The molecule has 1 N–H and O–H groups in total. The molecule has 0 bridgehead atoms. The van der Waals surface area contributed by atoms with Crippen molar-refractivity contribution in [2.45, 2.75) is 25.4 Å². The van der Waals surface area contributed by atoms with Crippen LogP contribution in [0.15, 0.2) is 12.2 Å². The number of ether oxygens (including phenoxy) is 1. The fraction of sp³-hybridized carbons (Fsp3) is 0.625. The highest BCUT2D eigenvalue weighted by Gasteiger charge is 2.58. The Balaban J connectivity index is 4.67. The molecule has 0 spiro atoms. The van der Waals surface area contributed by atoms with Crippen molar-refractivity contribution in [1.29, 1.82) is 0 Å². The SMILES string of the molecule is C=C(CC(F)(F)C(F)(F)OCC)C(=O)O. The lowest BCUT2D eigenvalue weighted by atomic mass is 10.1. The van der Waals surface area contributed by atoms with Crippen LogP contribution >= 0.6 is 0 Å². The van der Waals surface area contributed by atoms with E-state index >= 15 is 0 Å². The van der Waals surface area contributed by atoms with Gasteiger partial charge in [-0.1, -0.05) is 6.58 Å². The average molecular weight is 230 g/mol. The number of aliphatic carboxylic acids is 1. The van der Waals surface area contributed by atoms with E-state index < -0.39 is 36.6 Å². The molecular weight excluding hydrogens is 220 g/mol. The van der Waals surface area contributed by atoms with Gasteiger partial charge in [-0.25, -0.2) is 4.79 Å². The van der Waals surface area contributed by atoms with Gasteiger partial charge in [-0.05, 0) is 6.92 Å². The lowest BCUT2D eigenvalue weighted by Gasteiger charge is -2.25. The summed E-state index contributed by atoms with van der Waals surface area (Å²) in [7, 11) is 0. The predicted molar refractivity (Wildman–Crippen MR) is 42.9 cm³/mol. The maximum atomic E-state index is 12.8. The Morgan fingerprint density at radius 2 is 1.87 bits per heavy atom. The summed E-state index contributed by atoms with van der Waals surface area (Å²) in [6.45, 7) is 3.26. The number of carboxylic acids is 1. The maximum Gasteiger partial charge on any atom is 0.419 e. The van der Waals surface area contributed by atoms with E-state index in [1.807, 2.05) is 0 Å². The molecular formula is C8H10F4O3. The van der Waals surface area contributed by atoms with Gasteiger partial charge in [0.1, 0.15) is 0 Å². The monoisotopic (exact) mass is 230 g/mol. The van der Waals surface area contributed by atoms with Crippen LogP contribution in [0.1, 0.15) is 13.3 Å². The Hall–Kier alpha value is -1.11. The number of hydrogen-bond donors (Lipinski definition) is 1. The Morgan fingerprint density at radius 3 is 2.20 bits per heavy atom. The van der Waals surface area contributed by atoms with Gasteiger partial charge >= 0.3 is 18.0 Å². The van der Waals surface area contributed by atoms with Gasteiger partial charge in [-0.2, -0.15) is 17.6 Å². The van der Waals surface area contributed by atoms with Crippen LogP contribution in [0.3, 0.4) is 0 Å². The Bertz CT molecular complexity index is 263. The van der Waals surface area contributed by atoms with Gasteiger partial charge in [0, 0.05) is 5.57 Å². The molecule has 0 saturated heterocycles. The third kappa shape index (κ3) is 3.50. The number of hydrogen-bond acceptors (Lipinski definition) is 2. The molecule has 0 aliphatic carbocycles. The molecule has 0 aromatic carbocycles. The summed E-state index contributed by atoms with van der Waals surface area (Å²) in [5.74, 6) is -6.33. The Morgan fingerprint density at radius 1 is 1.40 bits per heavy atom. The van der Waals surface area contributed by atoms with Crippen LogP contribution in [0, 0.1) is 0 Å². The predicted octanol–water partition coefficient (Wildman–Crippen LogP) is 2.28. The van der Waals surface area contributed by atoms with Crippen molar-refractivity contribution in [1.82, 2.24) is 0 Å². The molecule has 0 aliphatic rings. The van der Waals surface area contributed by atoms with E-state index in [0.717, 1.165) is 6.92 Å². The average Bonchev–Trinajstić information content (AvgIpc) is 2.02. The minimum absolute atomic E-state index is 0.609. The summed E-state index contributed by atoms with van der Waals surface area (Å²) in [6, 6.07) is 0. The molecule has 0 unspecified atom stereocenters. The molecule has 88 valence electrons. The van der Waals surface area contributed by atoms with Crippen molar-refractivity contribution < 1.29 is 32.2 Å². The number of halogens is 4. The van der Waals surface area contributed by atoms with Crippen molar-refractivity contribution in [3.05, 3.63) is 12.2 Å². The molecule has 0 aromatic heterocycles. The molecule has 7 heteroatoms. The van der Waals surface area contributed by atoms with E-state index in [-0.39, 0.29) is 0 Å². The summed E-state index contributed by atoms with van der Waals surface area (Å²) < 4.78 is 54.4. The molecule has 0 fully saturated rings. The highest BCUT2D eigenvalue weighted by Crippen LogP contribution is 2.39. The fourth-order valence-corrected chi connectivity index (χ4v) is 0.733. The quantitative estimate of drug-likeness (QED) is 0.562. The zero-order valence-electron chi connectivity index (χ0n) is 7.90. The number of carboxylic acid groups (broad SMARTS) is 1. The first-order chi connectivity index (χ1) is 6.64. The van der Waals surface area contributed by atoms with Gasteiger partial charge in [0.2, 0.25) is 0 Å². The second kappa shape index (κ2) is 4.61.